The zero-order chi connectivity index (χ0) is 15.2. The Bertz CT molecular complexity index is 648. The van der Waals surface area contributed by atoms with Gasteiger partial charge in [-0.2, -0.15) is 0 Å². The Morgan fingerprint density at radius 3 is 2.00 bits per heavy atom. The molecular weight excluding hydrogens is 269 g/mol. The van der Waals surface area contributed by atoms with Crippen LogP contribution in [0.3, 0.4) is 0 Å². The Hall–Kier alpha value is -2.18. The van der Waals surface area contributed by atoms with Crippen LogP contribution >= 0.6 is 0 Å². The van der Waals surface area contributed by atoms with Crippen LogP contribution in [-0.2, 0) is 5.41 Å². The van der Waals surface area contributed by atoms with E-state index in [1.165, 1.54) is 0 Å². The lowest BCUT2D eigenvalue weighted by Crippen LogP contribution is -2.24. The zero-order valence-corrected chi connectivity index (χ0v) is 11.3. The van der Waals surface area contributed by atoms with E-state index in [9.17, 15) is 13.2 Å². The minimum atomic E-state index is -1.53. The molecule has 7 heteroatoms. The van der Waals surface area contributed by atoms with Crippen LogP contribution in [0.1, 0.15) is 26.6 Å². The van der Waals surface area contributed by atoms with Crippen LogP contribution in [-0.4, -0.2) is 9.66 Å². The van der Waals surface area contributed by atoms with E-state index in [2.05, 4.69) is 4.98 Å². The first-order chi connectivity index (χ1) is 9.12. The van der Waals surface area contributed by atoms with Gasteiger partial charge in [-0.15, -0.1) is 0 Å². The Kier molecular flexibility index (Phi) is 3.15. The standard InChI is InChI=1S/C13H15F3N4/c1-13(2,3)12-19-10(11(17)20(12)18)6-4-7(14)9(16)8(15)5-6/h4-5H,17-18H2,1-3H3. The van der Waals surface area contributed by atoms with Crippen LogP contribution in [0.4, 0.5) is 19.0 Å². The summed E-state index contributed by atoms with van der Waals surface area (Å²) in [6, 6.07) is 1.67. The van der Waals surface area contributed by atoms with Gasteiger partial charge in [0.05, 0.1) is 0 Å². The molecule has 0 radical (unpaired) electrons. The highest BCUT2D eigenvalue weighted by molar-refractivity contribution is 5.71. The Balaban J connectivity index is 2.66. The molecule has 0 bridgehead atoms. The first-order valence-electron chi connectivity index (χ1n) is 5.91. The van der Waals surface area contributed by atoms with Gasteiger partial charge in [-0.1, -0.05) is 20.8 Å². The van der Waals surface area contributed by atoms with E-state index in [0.29, 0.717) is 5.82 Å². The molecule has 2 rings (SSSR count). The lowest BCUT2D eigenvalue weighted by Gasteiger charge is -2.17. The van der Waals surface area contributed by atoms with Gasteiger partial charge in [0.25, 0.3) is 0 Å². The van der Waals surface area contributed by atoms with Gasteiger partial charge in [0.1, 0.15) is 11.5 Å². The maximum absolute atomic E-state index is 13.3. The van der Waals surface area contributed by atoms with E-state index >= 15 is 0 Å². The Labute approximate surface area is 114 Å². The predicted octanol–water partition coefficient (Wildman–Crippen LogP) is 2.56. The summed E-state index contributed by atoms with van der Waals surface area (Å²) in [5.41, 5.74) is 5.56. The molecule has 2 aromatic rings. The number of halogens is 3. The largest absolute Gasteiger partial charge is 0.382 e. The fraction of sp³-hybridized carbons (Fsp3) is 0.308. The summed E-state index contributed by atoms with van der Waals surface area (Å²) in [7, 11) is 0. The lowest BCUT2D eigenvalue weighted by atomic mass is 9.96. The second-order valence-corrected chi connectivity index (χ2v) is 5.54. The molecule has 4 nitrogen and oxygen atoms in total. The van der Waals surface area contributed by atoms with E-state index in [4.69, 9.17) is 11.6 Å². The highest BCUT2D eigenvalue weighted by Gasteiger charge is 2.25. The van der Waals surface area contributed by atoms with Gasteiger partial charge < -0.3 is 11.6 Å². The van der Waals surface area contributed by atoms with Gasteiger partial charge in [0.15, 0.2) is 23.3 Å². The molecule has 0 amide bonds. The molecule has 1 heterocycles. The SMILES string of the molecule is CC(C)(C)c1nc(-c2cc(F)c(F)c(F)c2)c(N)n1N. The van der Waals surface area contributed by atoms with Gasteiger partial charge >= 0.3 is 0 Å². The van der Waals surface area contributed by atoms with E-state index in [0.717, 1.165) is 16.8 Å². The smallest absolute Gasteiger partial charge is 0.194 e. The highest BCUT2D eigenvalue weighted by Crippen LogP contribution is 2.31. The summed E-state index contributed by atoms with van der Waals surface area (Å²) < 4.78 is 40.7. The molecule has 0 unspecified atom stereocenters. The summed E-state index contributed by atoms with van der Waals surface area (Å²) >= 11 is 0. The van der Waals surface area contributed by atoms with Gasteiger partial charge in [0.2, 0.25) is 0 Å². The van der Waals surface area contributed by atoms with Crippen molar-refractivity contribution in [1.29, 1.82) is 0 Å². The van der Waals surface area contributed by atoms with Gasteiger partial charge in [0, 0.05) is 11.0 Å². The van der Waals surface area contributed by atoms with Crippen LogP contribution in [0.15, 0.2) is 12.1 Å². The molecule has 0 aliphatic heterocycles. The second kappa shape index (κ2) is 4.43. The second-order valence-electron chi connectivity index (χ2n) is 5.54. The predicted molar refractivity (Wildman–Crippen MR) is 70.8 cm³/mol. The number of nitrogens with zero attached hydrogens (tertiary/aromatic N) is 2. The van der Waals surface area contributed by atoms with Crippen LogP contribution in [0.2, 0.25) is 0 Å². The number of benzene rings is 1. The number of hydrogen-bond donors (Lipinski definition) is 2. The lowest BCUT2D eigenvalue weighted by molar-refractivity contribution is 0.447. The molecule has 0 saturated carbocycles. The molecule has 0 spiro atoms. The quantitative estimate of drug-likeness (QED) is 0.624. The highest BCUT2D eigenvalue weighted by atomic mass is 19.2. The third kappa shape index (κ3) is 2.19. The van der Waals surface area contributed by atoms with Gasteiger partial charge in [-0.25, -0.2) is 22.8 Å². The van der Waals surface area contributed by atoms with E-state index < -0.39 is 22.9 Å². The zero-order valence-electron chi connectivity index (χ0n) is 11.3. The van der Waals surface area contributed by atoms with Crippen molar-refractivity contribution < 1.29 is 13.2 Å². The molecule has 108 valence electrons. The van der Waals surface area contributed by atoms with Crippen LogP contribution < -0.4 is 11.6 Å². The maximum atomic E-state index is 13.3. The summed E-state index contributed by atoms with van der Waals surface area (Å²) in [6.45, 7) is 5.61. The van der Waals surface area contributed by atoms with Crippen LogP contribution in [0, 0.1) is 17.5 Å². The van der Waals surface area contributed by atoms with Crippen molar-refractivity contribution in [1.82, 2.24) is 9.66 Å². The average Bonchev–Trinajstić information content (AvgIpc) is 2.62. The van der Waals surface area contributed by atoms with Crippen molar-refractivity contribution >= 4 is 5.82 Å². The van der Waals surface area contributed by atoms with Crippen molar-refractivity contribution in [3.05, 3.63) is 35.4 Å². The normalized spacial score (nSPS) is 11.9. The Morgan fingerprint density at radius 2 is 1.60 bits per heavy atom. The minimum Gasteiger partial charge on any atom is -0.382 e. The summed E-state index contributed by atoms with van der Waals surface area (Å²) in [5, 5.41) is 0. The summed E-state index contributed by atoms with van der Waals surface area (Å²) in [4.78, 5) is 4.22. The molecule has 0 saturated heterocycles. The number of hydrogen-bond acceptors (Lipinski definition) is 3. The molecule has 0 aliphatic carbocycles. The molecule has 0 atom stereocenters. The summed E-state index contributed by atoms with van der Waals surface area (Å²) in [6.07, 6.45) is 0. The van der Waals surface area contributed by atoms with Crippen molar-refractivity contribution in [2.45, 2.75) is 26.2 Å². The van der Waals surface area contributed by atoms with Crippen LogP contribution in [0.25, 0.3) is 11.3 Å². The third-order valence-electron chi connectivity index (χ3n) is 2.88. The van der Waals surface area contributed by atoms with Crippen LogP contribution in [0.5, 0.6) is 0 Å². The first kappa shape index (κ1) is 14.2. The number of nitrogen functional groups attached to an aromatic ring is 2. The van der Waals surface area contributed by atoms with Gasteiger partial charge in [-0.05, 0) is 12.1 Å². The number of rotatable bonds is 1. The summed E-state index contributed by atoms with van der Waals surface area (Å²) in [5.74, 6) is 2.17. The molecule has 1 aromatic heterocycles. The molecule has 4 N–H and O–H groups in total. The van der Waals surface area contributed by atoms with Crippen molar-refractivity contribution in [2.75, 3.05) is 11.6 Å². The molecule has 0 aliphatic rings. The van der Waals surface area contributed by atoms with E-state index in [-0.39, 0.29) is 17.1 Å². The maximum Gasteiger partial charge on any atom is 0.194 e. The number of aromatic nitrogens is 2. The van der Waals surface area contributed by atoms with Gasteiger partial charge in [-0.3, -0.25) is 0 Å². The van der Waals surface area contributed by atoms with Crippen molar-refractivity contribution in [3.63, 3.8) is 0 Å². The fourth-order valence-electron chi connectivity index (χ4n) is 1.88. The third-order valence-corrected chi connectivity index (χ3v) is 2.88. The number of anilines is 1. The Morgan fingerprint density at radius 1 is 1.10 bits per heavy atom. The van der Waals surface area contributed by atoms with Crippen molar-refractivity contribution in [3.8, 4) is 11.3 Å². The number of nitrogens with two attached hydrogens (primary N) is 2. The molecule has 0 fully saturated rings. The van der Waals surface area contributed by atoms with Crippen molar-refractivity contribution in [2.24, 2.45) is 0 Å². The minimum absolute atomic E-state index is 0.0357. The topological polar surface area (TPSA) is 69.9 Å². The monoisotopic (exact) mass is 284 g/mol. The first-order valence-corrected chi connectivity index (χ1v) is 5.91. The van der Waals surface area contributed by atoms with E-state index in [1.54, 1.807) is 0 Å². The average molecular weight is 284 g/mol. The molecule has 20 heavy (non-hydrogen) atoms. The fourth-order valence-corrected chi connectivity index (χ4v) is 1.88. The number of imidazole rings is 1. The molecule has 1 aromatic carbocycles. The molecular formula is C13H15F3N4. The van der Waals surface area contributed by atoms with E-state index in [1.807, 2.05) is 20.8 Å².